The maximum atomic E-state index is 15.4. The predicted octanol–water partition coefficient (Wildman–Crippen LogP) is 7.70. The normalized spacial score (nSPS) is 16.9. The number of halogens is 11. The quantitative estimate of drug-likeness (QED) is 0.0852. The summed E-state index contributed by atoms with van der Waals surface area (Å²) >= 11 is 6.70. The van der Waals surface area contributed by atoms with Gasteiger partial charge in [-0.05, 0) is 68.0 Å². The molecule has 4 heterocycles. The van der Waals surface area contributed by atoms with Gasteiger partial charge in [0.05, 0.1) is 47.1 Å². The Labute approximate surface area is 422 Å². The van der Waals surface area contributed by atoms with Gasteiger partial charge in [-0.1, -0.05) is 30.5 Å². The molecule has 3 aromatic heterocycles. The summed E-state index contributed by atoms with van der Waals surface area (Å²) in [6.07, 6.45) is -11.1. The Morgan fingerprint density at radius 1 is 0.946 bits per heavy atom. The molecule has 28 heteroatoms. The van der Waals surface area contributed by atoms with Gasteiger partial charge in [0.25, 0.3) is 5.92 Å². The SMILES string of the molecule is C[C@H]1CC(F)(F)c2c1c(C(F)(F)F)nn2CC(=O)N[C@@H](Cc1cc(F)cc(F)c1)c1nc(C#CC(C)(C)S(C)(=O)=O)ccc1-c1ccc(Cl)c2c(N(C(=O)CCN3CCOCC3)S(C)(=O)=O)nn(CC(F)(F)F)c12. The second-order valence-corrected chi connectivity index (χ2v) is 23.2. The molecule has 15 nitrogen and oxygen atoms in total. The molecule has 1 N–H and O–H groups in total. The number of nitrogens with zero attached hydrogens (tertiary/aromatic N) is 7. The zero-order valence-corrected chi connectivity index (χ0v) is 42.1. The maximum Gasteiger partial charge on any atom is 0.435 e. The van der Waals surface area contributed by atoms with Crippen molar-refractivity contribution < 1.29 is 75.1 Å². The van der Waals surface area contributed by atoms with E-state index in [1.165, 1.54) is 26.0 Å². The molecule has 1 fully saturated rings. The molecule has 0 unspecified atom stereocenters. The summed E-state index contributed by atoms with van der Waals surface area (Å²) in [5.74, 6) is -5.68. The summed E-state index contributed by atoms with van der Waals surface area (Å²) in [6.45, 7) is 1.78. The average Bonchev–Trinajstić information content (AvgIpc) is 3.90. The number of carbonyl (C=O) groups excluding carboxylic acids is 2. The van der Waals surface area contributed by atoms with Crippen LogP contribution in [0.3, 0.4) is 0 Å². The summed E-state index contributed by atoms with van der Waals surface area (Å²) in [7, 11) is -8.62. The van der Waals surface area contributed by atoms with Gasteiger partial charge in [-0.3, -0.25) is 23.9 Å². The van der Waals surface area contributed by atoms with E-state index in [2.05, 4.69) is 32.3 Å². The van der Waals surface area contributed by atoms with Crippen LogP contribution in [0.5, 0.6) is 0 Å². The van der Waals surface area contributed by atoms with Crippen molar-refractivity contribution in [3.8, 4) is 23.0 Å². The molecule has 1 aliphatic heterocycles. The largest absolute Gasteiger partial charge is 0.435 e. The lowest BCUT2D eigenvalue weighted by Crippen LogP contribution is -2.41. The molecule has 2 aliphatic rings. The van der Waals surface area contributed by atoms with E-state index in [1.807, 2.05) is 0 Å². The fourth-order valence-corrected chi connectivity index (χ4v) is 10.1. The topological polar surface area (TPSA) is 179 Å². The molecule has 2 atom stereocenters. The van der Waals surface area contributed by atoms with E-state index in [1.54, 1.807) is 4.90 Å². The minimum Gasteiger partial charge on any atom is -0.379 e. The fourth-order valence-electron chi connectivity index (χ4n) is 8.68. The highest BCUT2D eigenvalue weighted by atomic mass is 35.5. The third kappa shape index (κ3) is 12.1. The monoisotopic (exact) mass is 1110 g/mol. The maximum absolute atomic E-state index is 15.4. The summed E-state index contributed by atoms with van der Waals surface area (Å²) in [6, 6.07) is 4.95. The van der Waals surface area contributed by atoms with Crippen molar-refractivity contribution in [1.82, 2.24) is 34.8 Å². The molecule has 5 aromatic rings. The van der Waals surface area contributed by atoms with Crippen LogP contribution in [-0.2, 0) is 65.8 Å². The second-order valence-electron chi connectivity index (χ2n) is 18.4. The first-order valence-corrected chi connectivity index (χ1v) is 26.4. The number of fused-ring (bicyclic) bond motifs is 2. The van der Waals surface area contributed by atoms with Crippen LogP contribution in [0, 0.1) is 23.5 Å². The van der Waals surface area contributed by atoms with E-state index in [0.29, 0.717) is 43.3 Å². The number of carbonyl (C=O) groups is 2. The van der Waals surface area contributed by atoms with Crippen LogP contribution in [0.25, 0.3) is 22.0 Å². The van der Waals surface area contributed by atoms with Gasteiger partial charge in [0.1, 0.15) is 40.9 Å². The van der Waals surface area contributed by atoms with Gasteiger partial charge in [-0.25, -0.2) is 30.6 Å². The lowest BCUT2D eigenvalue weighted by molar-refractivity contribution is -0.143. The van der Waals surface area contributed by atoms with Gasteiger partial charge in [0.15, 0.2) is 21.3 Å². The number of rotatable bonds is 14. The average molecular weight is 1110 g/mol. The van der Waals surface area contributed by atoms with Gasteiger partial charge in [-0.15, -0.1) is 0 Å². The zero-order chi connectivity index (χ0) is 54.7. The molecule has 1 saturated heterocycles. The van der Waals surface area contributed by atoms with Gasteiger partial charge in [-0.2, -0.15) is 49.6 Å². The highest BCUT2D eigenvalue weighted by molar-refractivity contribution is 7.93. The Kier molecular flexibility index (Phi) is 15.4. The number of hydrogen-bond donors (Lipinski definition) is 1. The van der Waals surface area contributed by atoms with Crippen LogP contribution in [-0.4, -0.2) is 114 Å². The molecule has 0 bridgehead atoms. The van der Waals surface area contributed by atoms with Gasteiger partial charge >= 0.3 is 12.4 Å². The molecule has 2 amide bonds. The van der Waals surface area contributed by atoms with Gasteiger partial charge in [0.2, 0.25) is 21.8 Å². The molecule has 0 saturated carbocycles. The smallest absolute Gasteiger partial charge is 0.379 e. The molecule has 0 spiro atoms. The van der Waals surface area contributed by atoms with E-state index in [9.17, 15) is 61.5 Å². The van der Waals surface area contributed by atoms with E-state index in [-0.39, 0.29) is 37.9 Å². The first-order valence-electron chi connectivity index (χ1n) is 22.3. The molecular formula is C46H45ClF10N8O7S2. The fraction of sp³-hybridized carbons (Fsp3) is 0.457. The third-order valence-corrected chi connectivity index (χ3v) is 15.6. The lowest BCUT2D eigenvalue weighted by atomic mass is 9.93. The molecule has 74 heavy (non-hydrogen) atoms. The van der Waals surface area contributed by atoms with Crippen molar-refractivity contribution in [2.75, 3.05) is 49.7 Å². The summed E-state index contributed by atoms with van der Waals surface area (Å²) < 4.78 is 204. The first-order chi connectivity index (χ1) is 34.1. The Bertz CT molecular complexity index is 3310. The number of sulfone groups is 1. The Balaban J connectivity index is 1.47. The molecule has 0 radical (unpaired) electrons. The summed E-state index contributed by atoms with van der Waals surface area (Å²) in [4.78, 5) is 34.5. The minimum atomic E-state index is -5.24. The minimum absolute atomic E-state index is 0.0102. The molecule has 400 valence electrons. The number of benzene rings is 2. The molecule has 1 aliphatic carbocycles. The van der Waals surface area contributed by atoms with Crippen LogP contribution in [0.1, 0.15) is 79.5 Å². The molecule has 2 aromatic carbocycles. The number of sulfonamides is 1. The number of anilines is 1. The number of nitrogens with one attached hydrogen (secondary N) is 1. The second kappa shape index (κ2) is 20.4. The Hall–Kier alpha value is -5.82. The van der Waals surface area contributed by atoms with Crippen LogP contribution < -0.4 is 9.62 Å². The van der Waals surface area contributed by atoms with Crippen molar-refractivity contribution in [2.45, 2.75) is 88.1 Å². The number of morpholine rings is 1. The number of amides is 2. The van der Waals surface area contributed by atoms with Crippen molar-refractivity contribution in [2.24, 2.45) is 0 Å². The van der Waals surface area contributed by atoms with Crippen LogP contribution in [0.4, 0.5) is 49.7 Å². The van der Waals surface area contributed by atoms with Crippen molar-refractivity contribution >= 4 is 60.0 Å². The highest BCUT2D eigenvalue weighted by Gasteiger charge is 2.53. The van der Waals surface area contributed by atoms with Crippen LogP contribution in [0.15, 0.2) is 42.5 Å². The van der Waals surface area contributed by atoms with E-state index in [0.717, 1.165) is 37.4 Å². The van der Waals surface area contributed by atoms with E-state index < -0.39 is 155 Å². The van der Waals surface area contributed by atoms with Crippen molar-refractivity contribution in [3.63, 3.8) is 0 Å². The van der Waals surface area contributed by atoms with Crippen molar-refractivity contribution in [3.05, 3.63) is 93.0 Å². The number of pyridine rings is 1. The Morgan fingerprint density at radius 2 is 1.58 bits per heavy atom. The number of ether oxygens (including phenoxy) is 1. The summed E-state index contributed by atoms with van der Waals surface area (Å²) in [5, 5.41) is 8.89. The van der Waals surface area contributed by atoms with Crippen molar-refractivity contribution in [1.29, 1.82) is 0 Å². The lowest BCUT2D eigenvalue weighted by Gasteiger charge is -2.27. The standard InChI is InChI=1S/C46H45ClF10N8O7S2/c1-25-22-44(50,51)41-36(25)40(46(55,56)57)60-63(41)23-34(66)59-33(20-26-18-27(48)21-28(49)19-26)38-30(7-6-29(58-38)10-12-43(2,3)73(4,68)69)31-8-9-32(47)37-39(31)64(24-45(52,53)54)61-42(37)65(74(5,70)71)35(67)11-13-62-14-16-72-17-15-62/h6-9,18-19,21,25,33H,11,13-17,20,22-24H2,1-5H3,(H,59,66)/t25-,33-/m0/s1. The van der Waals surface area contributed by atoms with Gasteiger partial charge < -0.3 is 10.1 Å². The Morgan fingerprint density at radius 3 is 2.18 bits per heavy atom. The number of hydrogen-bond acceptors (Lipinski definition) is 11. The number of alkyl halides is 8. The first kappa shape index (κ1) is 55.9. The molecular weight excluding hydrogens is 1070 g/mol. The highest BCUT2D eigenvalue weighted by Crippen LogP contribution is 2.52. The zero-order valence-electron chi connectivity index (χ0n) is 39.7. The molecule has 7 rings (SSSR count). The third-order valence-electron chi connectivity index (χ3n) is 12.3. The van der Waals surface area contributed by atoms with Gasteiger partial charge in [0, 0.05) is 61.5 Å². The van der Waals surface area contributed by atoms with Crippen LogP contribution >= 0.6 is 11.6 Å². The van der Waals surface area contributed by atoms with E-state index in [4.69, 9.17) is 16.3 Å². The van der Waals surface area contributed by atoms with E-state index >= 15 is 8.78 Å². The predicted molar refractivity (Wildman–Crippen MR) is 249 cm³/mol. The summed E-state index contributed by atoms with van der Waals surface area (Å²) in [5.41, 5.74) is -5.85. The van der Waals surface area contributed by atoms with Crippen LogP contribution in [0.2, 0.25) is 5.02 Å². The number of aromatic nitrogens is 5.